The molecule has 2 aliphatic heterocycles. The molecule has 2 heterocycles. The molecule has 2 aliphatic rings. The maximum Gasteiger partial charge on any atom is 0.317 e. The lowest BCUT2D eigenvalue weighted by Crippen LogP contribution is -2.47. The average molecular weight is 345 g/mol. The number of methoxy groups -OCH3 is 1. The van der Waals surface area contributed by atoms with Gasteiger partial charge in [-0.05, 0) is 42.5 Å². The number of ether oxygens (including phenoxy) is 1. The Kier molecular flexibility index (Phi) is 5.60. The van der Waals surface area contributed by atoms with Gasteiger partial charge < -0.3 is 15.6 Å². The topological polar surface area (TPSA) is 79.0 Å². The van der Waals surface area contributed by atoms with Gasteiger partial charge in [-0.15, -0.1) is 0 Å². The first kappa shape index (κ1) is 17.8. The van der Waals surface area contributed by atoms with Crippen LogP contribution in [0.1, 0.15) is 24.8 Å². The number of nitrogens with two attached hydrogens (primary N) is 1. The van der Waals surface area contributed by atoms with E-state index in [9.17, 15) is 4.79 Å². The normalized spacial score (nSPS) is 20.3. The zero-order valence-electron chi connectivity index (χ0n) is 14.8. The van der Waals surface area contributed by atoms with Gasteiger partial charge in [0.05, 0.1) is 19.3 Å². The second-order valence-corrected chi connectivity index (χ2v) is 6.83. The van der Waals surface area contributed by atoms with E-state index in [2.05, 4.69) is 17.0 Å². The molecule has 6 heteroatoms. The molecule has 0 aliphatic carbocycles. The molecule has 3 rings (SSSR count). The lowest BCUT2D eigenvalue weighted by molar-refractivity contribution is -0.138. The molecule has 0 saturated carbocycles. The summed E-state index contributed by atoms with van der Waals surface area (Å²) in [6.07, 6.45) is 5.42. The quantitative estimate of drug-likeness (QED) is 0.794. The number of piperidine rings is 1. The molecule has 0 aromatic heterocycles. The number of benzene rings is 1. The van der Waals surface area contributed by atoms with Crippen molar-refractivity contribution in [1.82, 2.24) is 9.80 Å². The highest BCUT2D eigenvalue weighted by molar-refractivity contribution is 5.71. The summed E-state index contributed by atoms with van der Waals surface area (Å²) in [5.74, 6) is -0.00504. The van der Waals surface area contributed by atoms with Crippen LogP contribution in [0.2, 0.25) is 0 Å². The summed E-state index contributed by atoms with van der Waals surface area (Å²) in [6.45, 7) is 3.90. The van der Waals surface area contributed by atoms with Gasteiger partial charge in [0.15, 0.2) is 0 Å². The Balaban J connectivity index is 1.57. The summed E-state index contributed by atoms with van der Waals surface area (Å²) in [5.41, 5.74) is 9.09. The van der Waals surface area contributed by atoms with Crippen molar-refractivity contribution >= 4 is 17.2 Å². The second-order valence-electron chi connectivity index (χ2n) is 6.83. The molecule has 6 nitrogen and oxygen atoms in total. The molecule has 0 bridgehead atoms. The SMILES string of the molecule is COc1cc(C2=CCN(C3CCN(CC(=O)O)CC3)CC2)ccc1N. The minimum Gasteiger partial charge on any atom is -0.495 e. The third-order valence-corrected chi connectivity index (χ3v) is 5.28. The molecule has 0 unspecified atom stereocenters. The van der Waals surface area contributed by atoms with E-state index < -0.39 is 5.97 Å². The van der Waals surface area contributed by atoms with E-state index in [1.807, 2.05) is 17.0 Å². The van der Waals surface area contributed by atoms with Gasteiger partial charge in [-0.2, -0.15) is 0 Å². The molecule has 0 radical (unpaired) electrons. The first-order chi connectivity index (χ1) is 12.1. The van der Waals surface area contributed by atoms with Crippen molar-refractivity contribution in [1.29, 1.82) is 0 Å². The Labute approximate surface area is 148 Å². The van der Waals surface area contributed by atoms with Crippen LogP contribution in [0.3, 0.4) is 0 Å². The molecular formula is C19H27N3O3. The Morgan fingerprint density at radius 1 is 1.32 bits per heavy atom. The fourth-order valence-electron chi connectivity index (χ4n) is 3.82. The van der Waals surface area contributed by atoms with Crippen molar-refractivity contribution in [2.75, 3.05) is 45.6 Å². The summed E-state index contributed by atoms with van der Waals surface area (Å²) in [5, 5.41) is 8.90. The monoisotopic (exact) mass is 345 g/mol. The van der Waals surface area contributed by atoms with E-state index in [0.29, 0.717) is 11.7 Å². The molecule has 0 spiro atoms. The van der Waals surface area contributed by atoms with Gasteiger partial charge in [-0.1, -0.05) is 12.1 Å². The summed E-state index contributed by atoms with van der Waals surface area (Å²) in [6, 6.07) is 6.54. The van der Waals surface area contributed by atoms with Crippen LogP contribution in [0.25, 0.3) is 5.57 Å². The van der Waals surface area contributed by atoms with E-state index >= 15 is 0 Å². The number of carboxylic acid groups (broad SMARTS) is 1. The smallest absolute Gasteiger partial charge is 0.317 e. The lowest BCUT2D eigenvalue weighted by Gasteiger charge is -2.39. The van der Waals surface area contributed by atoms with Crippen LogP contribution in [0.15, 0.2) is 24.3 Å². The van der Waals surface area contributed by atoms with Gasteiger partial charge >= 0.3 is 5.97 Å². The van der Waals surface area contributed by atoms with Crippen molar-refractivity contribution in [2.24, 2.45) is 0 Å². The largest absolute Gasteiger partial charge is 0.495 e. The van der Waals surface area contributed by atoms with Crippen LogP contribution in [-0.2, 0) is 4.79 Å². The van der Waals surface area contributed by atoms with Crippen molar-refractivity contribution in [3.05, 3.63) is 29.8 Å². The van der Waals surface area contributed by atoms with E-state index in [1.165, 1.54) is 11.1 Å². The zero-order chi connectivity index (χ0) is 17.8. The number of carbonyl (C=O) groups is 1. The van der Waals surface area contributed by atoms with Crippen molar-refractivity contribution in [2.45, 2.75) is 25.3 Å². The Hall–Kier alpha value is -2.05. The zero-order valence-corrected chi connectivity index (χ0v) is 14.8. The van der Waals surface area contributed by atoms with Crippen LogP contribution < -0.4 is 10.5 Å². The van der Waals surface area contributed by atoms with Gasteiger partial charge in [0.2, 0.25) is 0 Å². The predicted octanol–water partition coefficient (Wildman–Crippen LogP) is 1.92. The average Bonchev–Trinajstić information content (AvgIpc) is 2.62. The van der Waals surface area contributed by atoms with Crippen LogP contribution >= 0.6 is 0 Å². The molecule has 1 aromatic carbocycles. The van der Waals surface area contributed by atoms with Crippen LogP contribution in [-0.4, -0.2) is 66.8 Å². The summed E-state index contributed by atoms with van der Waals surface area (Å²) in [7, 11) is 1.64. The van der Waals surface area contributed by atoms with Crippen molar-refractivity contribution in [3.8, 4) is 5.75 Å². The summed E-state index contributed by atoms with van der Waals surface area (Å²) >= 11 is 0. The van der Waals surface area contributed by atoms with Gasteiger partial charge in [0.1, 0.15) is 5.75 Å². The molecular weight excluding hydrogens is 318 g/mol. The summed E-state index contributed by atoms with van der Waals surface area (Å²) < 4.78 is 5.32. The van der Waals surface area contributed by atoms with E-state index in [4.69, 9.17) is 15.6 Å². The van der Waals surface area contributed by atoms with E-state index in [1.54, 1.807) is 7.11 Å². The number of likely N-dealkylation sites (tertiary alicyclic amines) is 1. The Morgan fingerprint density at radius 2 is 2.08 bits per heavy atom. The number of nitrogens with zero attached hydrogens (tertiary/aromatic N) is 2. The molecule has 0 amide bonds. The van der Waals surface area contributed by atoms with Gasteiger partial charge in [-0.3, -0.25) is 14.6 Å². The highest BCUT2D eigenvalue weighted by atomic mass is 16.5. The fraction of sp³-hybridized carbons (Fsp3) is 0.526. The minimum absolute atomic E-state index is 0.162. The maximum absolute atomic E-state index is 10.8. The number of anilines is 1. The van der Waals surface area contributed by atoms with Crippen LogP contribution in [0.5, 0.6) is 5.75 Å². The minimum atomic E-state index is -0.733. The van der Waals surface area contributed by atoms with Crippen LogP contribution in [0.4, 0.5) is 5.69 Å². The van der Waals surface area contributed by atoms with Crippen LogP contribution in [0, 0.1) is 0 Å². The first-order valence-corrected chi connectivity index (χ1v) is 8.88. The highest BCUT2D eigenvalue weighted by Gasteiger charge is 2.26. The number of nitrogen functional groups attached to an aromatic ring is 1. The first-order valence-electron chi connectivity index (χ1n) is 8.88. The van der Waals surface area contributed by atoms with Gasteiger partial charge in [-0.25, -0.2) is 0 Å². The molecule has 1 saturated heterocycles. The van der Waals surface area contributed by atoms with Gasteiger partial charge in [0.25, 0.3) is 0 Å². The molecule has 1 aromatic rings. The molecule has 3 N–H and O–H groups in total. The molecule has 136 valence electrons. The van der Waals surface area contributed by atoms with Gasteiger partial charge in [0, 0.05) is 32.2 Å². The summed E-state index contributed by atoms with van der Waals surface area (Å²) in [4.78, 5) is 15.4. The standard InChI is InChI=1S/C19H27N3O3/c1-25-18-12-15(2-3-17(18)20)14-4-10-22(11-5-14)16-6-8-21(9-7-16)13-19(23)24/h2-4,12,16H,5-11,13,20H2,1H3,(H,23,24). The number of hydrogen-bond acceptors (Lipinski definition) is 5. The fourth-order valence-corrected chi connectivity index (χ4v) is 3.82. The molecule has 25 heavy (non-hydrogen) atoms. The Morgan fingerprint density at radius 3 is 2.68 bits per heavy atom. The number of rotatable bonds is 5. The van der Waals surface area contributed by atoms with Crippen molar-refractivity contribution < 1.29 is 14.6 Å². The van der Waals surface area contributed by atoms with Crippen molar-refractivity contribution in [3.63, 3.8) is 0 Å². The molecule has 1 fully saturated rings. The second kappa shape index (κ2) is 7.89. The van der Waals surface area contributed by atoms with E-state index in [0.717, 1.165) is 51.2 Å². The lowest BCUT2D eigenvalue weighted by atomic mass is 9.96. The predicted molar refractivity (Wildman–Crippen MR) is 98.7 cm³/mol. The number of aliphatic carboxylic acids is 1. The van der Waals surface area contributed by atoms with E-state index in [-0.39, 0.29) is 6.54 Å². The molecule has 0 atom stereocenters. The third kappa shape index (κ3) is 4.32. The Bertz CT molecular complexity index is 651. The highest BCUT2D eigenvalue weighted by Crippen LogP contribution is 2.30. The number of hydrogen-bond donors (Lipinski definition) is 2. The maximum atomic E-state index is 10.8. The third-order valence-electron chi connectivity index (χ3n) is 5.28. The number of carboxylic acids is 1.